The first-order valence-electron chi connectivity index (χ1n) is 10.3. The number of furan rings is 1. The van der Waals surface area contributed by atoms with Crippen molar-refractivity contribution in [3.63, 3.8) is 0 Å². The summed E-state index contributed by atoms with van der Waals surface area (Å²) in [6, 6.07) is 10.6. The van der Waals surface area contributed by atoms with Crippen molar-refractivity contribution >= 4 is 34.3 Å². The molecule has 0 radical (unpaired) electrons. The zero-order valence-electron chi connectivity index (χ0n) is 17.0. The molecule has 3 aromatic rings. The van der Waals surface area contributed by atoms with E-state index in [1.807, 2.05) is 12.1 Å². The maximum Gasteiger partial charge on any atom is 0.336 e. The van der Waals surface area contributed by atoms with E-state index in [0.29, 0.717) is 17.4 Å². The summed E-state index contributed by atoms with van der Waals surface area (Å²) in [7, 11) is 0. The lowest BCUT2D eigenvalue weighted by Gasteiger charge is -2.27. The van der Waals surface area contributed by atoms with Gasteiger partial charge in [-0.05, 0) is 66.6 Å². The molecule has 1 aliphatic carbocycles. The molecule has 2 aliphatic rings. The number of carbonyl (C=O) groups is 2. The standard InChI is InChI=1S/C24H22N2O4S/c1-14-4-10-18-19(13-14)31-24-21(18)23(28)25-22(26-24)15-5-7-17(8-6-15)30-20(27)11-9-16-3-2-12-29-16/h2-3,5-9,11-12,14,22,26H,4,10,13H2,1H3,(H,25,28). The number of hydrogen-bond donors (Lipinski definition) is 2. The fourth-order valence-electron chi connectivity index (χ4n) is 4.04. The number of carbonyl (C=O) groups excluding carboxylic acids is 2. The van der Waals surface area contributed by atoms with E-state index in [0.717, 1.165) is 35.4 Å². The van der Waals surface area contributed by atoms with Gasteiger partial charge >= 0.3 is 5.97 Å². The van der Waals surface area contributed by atoms with Crippen LogP contribution in [0.25, 0.3) is 6.08 Å². The Hall–Kier alpha value is -3.32. The average Bonchev–Trinajstić information content (AvgIpc) is 3.40. The minimum atomic E-state index is -0.490. The smallest absolute Gasteiger partial charge is 0.336 e. The number of fused-ring (bicyclic) bond motifs is 3. The summed E-state index contributed by atoms with van der Waals surface area (Å²) in [5.41, 5.74) is 2.92. The zero-order chi connectivity index (χ0) is 21.4. The number of rotatable bonds is 4. The van der Waals surface area contributed by atoms with Crippen molar-refractivity contribution in [3.8, 4) is 5.75 Å². The lowest BCUT2D eigenvalue weighted by molar-refractivity contribution is -0.128. The van der Waals surface area contributed by atoms with Crippen molar-refractivity contribution in [1.29, 1.82) is 0 Å². The van der Waals surface area contributed by atoms with Crippen LogP contribution in [-0.2, 0) is 17.6 Å². The summed E-state index contributed by atoms with van der Waals surface area (Å²) in [4.78, 5) is 26.1. The summed E-state index contributed by atoms with van der Waals surface area (Å²) in [6.45, 7) is 2.26. The first-order valence-corrected chi connectivity index (χ1v) is 11.1. The highest BCUT2D eigenvalue weighted by molar-refractivity contribution is 7.16. The molecule has 2 unspecified atom stereocenters. The Labute approximate surface area is 183 Å². The summed E-state index contributed by atoms with van der Waals surface area (Å²) in [5.74, 6) is 1.16. The van der Waals surface area contributed by atoms with Crippen molar-refractivity contribution in [1.82, 2.24) is 5.32 Å². The number of hydrogen-bond acceptors (Lipinski definition) is 6. The van der Waals surface area contributed by atoms with Crippen LogP contribution in [-0.4, -0.2) is 11.9 Å². The molecule has 7 heteroatoms. The Morgan fingerprint density at radius 1 is 1.23 bits per heavy atom. The summed E-state index contributed by atoms with van der Waals surface area (Å²) in [5, 5.41) is 7.48. The minimum Gasteiger partial charge on any atom is -0.465 e. The van der Waals surface area contributed by atoms with Crippen LogP contribution in [0.1, 0.15) is 51.6 Å². The largest absolute Gasteiger partial charge is 0.465 e. The highest BCUT2D eigenvalue weighted by atomic mass is 32.1. The van der Waals surface area contributed by atoms with Crippen LogP contribution in [0.3, 0.4) is 0 Å². The van der Waals surface area contributed by atoms with Gasteiger partial charge in [-0.25, -0.2) is 4.79 Å². The number of anilines is 1. The van der Waals surface area contributed by atoms with Crippen LogP contribution in [0.4, 0.5) is 5.00 Å². The van der Waals surface area contributed by atoms with Gasteiger partial charge in [0.2, 0.25) is 0 Å². The lowest BCUT2D eigenvalue weighted by atomic mass is 9.88. The maximum atomic E-state index is 12.8. The minimum absolute atomic E-state index is 0.0237. The van der Waals surface area contributed by atoms with Crippen molar-refractivity contribution in [3.05, 3.63) is 76.1 Å². The van der Waals surface area contributed by atoms with E-state index in [-0.39, 0.29) is 12.1 Å². The Kier molecular flexibility index (Phi) is 5.11. The third-order valence-corrected chi connectivity index (χ3v) is 6.83. The lowest BCUT2D eigenvalue weighted by Crippen LogP contribution is -2.38. The molecule has 0 fully saturated rings. The molecule has 0 spiro atoms. The molecular formula is C24H22N2O4S. The second-order valence-corrected chi connectivity index (χ2v) is 9.05. The predicted molar refractivity (Wildman–Crippen MR) is 119 cm³/mol. The molecule has 6 nitrogen and oxygen atoms in total. The Balaban J connectivity index is 1.27. The van der Waals surface area contributed by atoms with E-state index in [2.05, 4.69) is 17.6 Å². The fraction of sp³-hybridized carbons (Fsp3) is 0.250. The SMILES string of the molecule is CC1CCc2c(sc3c2C(=O)NC(c2ccc(OC(=O)C=Cc4ccco4)cc2)N3)C1. The van der Waals surface area contributed by atoms with Gasteiger partial charge in [0.15, 0.2) is 0 Å². The topological polar surface area (TPSA) is 80.6 Å². The van der Waals surface area contributed by atoms with Gasteiger partial charge in [0.25, 0.3) is 5.91 Å². The quantitative estimate of drug-likeness (QED) is 0.345. The first kappa shape index (κ1) is 19.6. The zero-order valence-corrected chi connectivity index (χ0v) is 17.8. The summed E-state index contributed by atoms with van der Waals surface area (Å²) < 4.78 is 10.5. The fourth-order valence-corrected chi connectivity index (χ4v) is 5.48. The van der Waals surface area contributed by atoms with Crippen LogP contribution in [0, 0.1) is 5.92 Å². The van der Waals surface area contributed by atoms with Gasteiger partial charge in [0.1, 0.15) is 22.7 Å². The van der Waals surface area contributed by atoms with Gasteiger partial charge in [-0.15, -0.1) is 11.3 Å². The van der Waals surface area contributed by atoms with Gasteiger partial charge in [0.05, 0.1) is 11.8 Å². The average molecular weight is 435 g/mol. The molecule has 158 valence electrons. The predicted octanol–water partition coefficient (Wildman–Crippen LogP) is 4.94. The van der Waals surface area contributed by atoms with Gasteiger partial charge in [0, 0.05) is 11.0 Å². The van der Waals surface area contributed by atoms with Gasteiger partial charge in [-0.1, -0.05) is 19.1 Å². The molecule has 1 aliphatic heterocycles. The van der Waals surface area contributed by atoms with Crippen molar-refractivity contribution < 1.29 is 18.7 Å². The summed E-state index contributed by atoms with van der Waals surface area (Å²) in [6.07, 6.45) is 7.23. The third-order valence-electron chi connectivity index (χ3n) is 5.65. The highest BCUT2D eigenvalue weighted by Gasteiger charge is 2.33. The van der Waals surface area contributed by atoms with Gasteiger partial charge < -0.3 is 19.8 Å². The van der Waals surface area contributed by atoms with Gasteiger partial charge in [-0.2, -0.15) is 0 Å². The van der Waals surface area contributed by atoms with E-state index in [1.54, 1.807) is 41.7 Å². The molecule has 1 amide bonds. The van der Waals surface area contributed by atoms with E-state index in [4.69, 9.17) is 9.15 Å². The molecule has 2 aromatic heterocycles. The van der Waals surface area contributed by atoms with Crippen molar-refractivity contribution in [2.24, 2.45) is 5.92 Å². The van der Waals surface area contributed by atoms with Crippen LogP contribution < -0.4 is 15.4 Å². The number of benzene rings is 1. The molecule has 2 atom stereocenters. The second-order valence-electron chi connectivity index (χ2n) is 7.95. The molecule has 0 saturated heterocycles. The van der Waals surface area contributed by atoms with Crippen molar-refractivity contribution in [2.45, 2.75) is 32.4 Å². The normalized spacial score (nSPS) is 20.0. The molecule has 5 rings (SSSR count). The molecule has 0 bridgehead atoms. The molecule has 2 N–H and O–H groups in total. The molecule has 3 heterocycles. The number of thiophene rings is 1. The van der Waals surface area contributed by atoms with Crippen LogP contribution >= 0.6 is 11.3 Å². The highest BCUT2D eigenvalue weighted by Crippen LogP contribution is 2.42. The Morgan fingerprint density at radius 2 is 2.06 bits per heavy atom. The maximum absolute atomic E-state index is 12.8. The monoisotopic (exact) mass is 434 g/mol. The Morgan fingerprint density at radius 3 is 2.84 bits per heavy atom. The third kappa shape index (κ3) is 4.01. The van der Waals surface area contributed by atoms with E-state index < -0.39 is 5.97 Å². The number of esters is 1. The van der Waals surface area contributed by atoms with Crippen molar-refractivity contribution in [2.75, 3.05) is 5.32 Å². The first-order chi connectivity index (χ1) is 15.1. The molecule has 1 aromatic carbocycles. The van der Waals surface area contributed by atoms with E-state index in [1.165, 1.54) is 22.8 Å². The molecule has 0 saturated carbocycles. The van der Waals surface area contributed by atoms with Gasteiger partial charge in [-0.3, -0.25) is 4.79 Å². The molecular weight excluding hydrogens is 412 g/mol. The van der Waals surface area contributed by atoms with Crippen LogP contribution in [0.2, 0.25) is 0 Å². The summed E-state index contributed by atoms with van der Waals surface area (Å²) >= 11 is 1.70. The molecule has 31 heavy (non-hydrogen) atoms. The van der Waals surface area contributed by atoms with E-state index in [9.17, 15) is 9.59 Å². The number of amides is 1. The van der Waals surface area contributed by atoms with E-state index >= 15 is 0 Å². The Bertz CT molecular complexity index is 1150. The second kappa shape index (κ2) is 8.07. The van der Waals surface area contributed by atoms with Crippen LogP contribution in [0.5, 0.6) is 5.75 Å². The number of ether oxygens (including phenoxy) is 1. The van der Waals surface area contributed by atoms with Crippen LogP contribution in [0.15, 0.2) is 53.2 Å². The number of nitrogens with one attached hydrogen (secondary N) is 2.